The minimum Gasteiger partial charge on any atom is -0.356 e. The number of aliphatic imine (C=N–C) groups is 1. The number of aromatic nitrogens is 1. The van der Waals surface area contributed by atoms with Gasteiger partial charge in [-0.05, 0) is 18.6 Å². The third-order valence-corrected chi connectivity index (χ3v) is 3.08. The van der Waals surface area contributed by atoms with Gasteiger partial charge in [-0.15, -0.1) is 0 Å². The highest BCUT2D eigenvalue weighted by Gasteiger charge is 2.30. The average molecular weight is 286 g/mol. The largest absolute Gasteiger partial charge is 0.416 e. The van der Waals surface area contributed by atoms with Crippen molar-refractivity contribution in [2.45, 2.75) is 19.0 Å². The van der Waals surface area contributed by atoms with Crippen molar-refractivity contribution in [2.24, 2.45) is 4.99 Å². The van der Waals surface area contributed by atoms with E-state index in [1.165, 1.54) is 6.20 Å². The van der Waals surface area contributed by atoms with Crippen LogP contribution in [0.2, 0.25) is 0 Å². The van der Waals surface area contributed by atoms with Crippen molar-refractivity contribution >= 4 is 5.96 Å². The SMILES string of the molecule is CN1CCCN=C1NCCc1cc(C(F)(F)F)ccn1. The highest BCUT2D eigenvalue weighted by Crippen LogP contribution is 2.28. The van der Waals surface area contributed by atoms with Crippen molar-refractivity contribution in [3.63, 3.8) is 0 Å². The molecule has 1 aliphatic heterocycles. The van der Waals surface area contributed by atoms with Gasteiger partial charge in [0.25, 0.3) is 0 Å². The van der Waals surface area contributed by atoms with E-state index in [2.05, 4.69) is 15.3 Å². The van der Waals surface area contributed by atoms with E-state index in [-0.39, 0.29) is 0 Å². The molecule has 2 heterocycles. The van der Waals surface area contributed by atoms with Crippen molar-refractivity contribution in [1.82, 2.24) is 15.2 Å². The Morgan fingerprint density at radius 1 is 1.40 bits per heavy atom. The number of hydrogen-bond acceptors (Lipinski definition) is 4. The first kappa shape index (κ1) is 14.6. The molecule has 0 aliphatic carbocycles. The molecule has 20 heavy (non-hydrogen) atoms. The molecule has 0 unspecified atom stereocenters. The van der Waals surface area contributed by atoms with Gasteiger partial charge in [-0.25, -0.2) is 0 Å². The number of rotatable bonds is 3. The summed E-state index contributed by atoms with van der Waals surface area (Å²) in [5.74, 6) is 0.795. The lowest BCUT2D eigenvalue weighted by Crippen LogP contribution is -2.42. The summed E-state index contributed by atoms with van der Waals surface area (Å²) in [5, 5.41) is 3.13. The van der Waals surface area contributed by atoms with E-state index in [1.807, 2.05) is 11.9 Å². The van der Waals surface area contributed by atoms with Crippen molar-refractivity contribution in [1.29, 1.82) is 0 Å². The predicted octanol–water partition coefficient (Wildman–Crippen LogP) is 1.92. The molecule has 110 valence electrons. The molecule has 0 aromatic carbocycles. The minimum atomic E-state index is -4.32. The van der Waals surface area contributed by atoms with Gasteiger partial charge in [-0.1, -0.05) is 0 Å². The topological polar surface area (TPSA) is 40.5 Å². The van der Waals surface area contributed by atoms with Gasteiger partial charge in [0.05, 0.1) is 5.56 Å². The van der Waals surface area contributed by atoms with E-state index < -0.39 is 11.7 Å². The van der Waals surface area contributed by atoms with Crippen LogP contribution in [0.3, 0.4) is 0 Å². The smallest absolute Gasteiger partial charge is 0.356 e. The first-order valence-electron chi connectivity index (χ1n) is 6.48. The molecule has 1 aliphatic rings. The van der Waals surface area contributed by atoms with Gasteiger partial charge in [0.15, 0.2) is 5.96 Å². The molecular weight excluding hydrogens is 269 g/mol. The summed E-state index contributed by atoms with van der Waals surface area (Å²) in [7, 11) is 1.94. The Balaban J connectivity index is 1.90. The zero-order valence-electron chi connectivity index (χ0n) is 11.2. The van der Waals surface area contributed by atoms with Crippen molar-refractivity contribution in [3.8, 4) is 0 Å². The fourth-order valence-corrected chi connectivity index (χ4v) is 2.00. The Morgan fingerprint density at radius 2 is 2.20 bits per heavy atom. The number of nitrogens with zero attached hydrogens (tertiary/aromatic N) is 3. The quantitative estimate of drug-likeness (QED) is 0.923. The van der Waals surface area contributed by atoms with Crippen molar-refractivity contribution in [2.75, 3.05) is 26.7 Å². The van der Waals surface area contributed by atoms with E-state index >= 15 is 0 Å². The molecule has 0 spiro atoms. The maximum Gasteiger partial charge on any atom is 0.416 e. The van der Waals surface area contributed by atoms with Gasteiger partial charge >= 0.3 is 6.18 Å². The molecular formula is C13H17F3N4. The number of halogens is 3. The first-order valence-corrected chi connectivity index (χ1v) is 6.48. The van der Waals surface area contributed by atoms with Crippen molar-refractivity contribution in [3.05, 3.63) is 29.6 Å². The number of guanidine groups is 1. The van der Waals surface area contributed by atoms with Crippen LogP contribution < -0.4 is 5.32 Å². The van der Waals surface area contributed by atoms with Crippen LogP contribution in [0, 0.1) is 0 Å². The summed E-state index contributed by atoms with van der Waals surface area (Å²) in [5.41, 5.74) is -0.235. The maximum absolute atomic E-state index is 12.6. The predicted molar refractivity (Wildman–Crippen MR) is 70.5 cm³/mol. The van der Waals surface area contributed by atoms with E-state index in [1.54, 1.807) is 0 Å². The second-order valence-electron chi connectivity index (χ2n) is 4.69. The second kappa shape index (κ2) is 6.11. The molecule has 0 bridgehead atoms. The molecule has 1 aromatic heterocycles. The fourth-order valence-electron chi connectivity index (χ4n) is 2.00. The third kappa shape index (κ3) is 3.85. The molecule has 0 radical (unpaired) electrons. The maximum atomic E-state index is 12.6. The number of nitrogens with one attached hydrogen (secondary N) is 1. The van der Waals surface area contributed by atoms with Crippen LogP contribution in [0.25, 0.3) is 0 Å². The molecule has 7 heteroatoms. The van der Waals surface area contributed by atoms with Crippen LogP contribution in [-0.4, -0.2) is 42.5 Å². The Hall–Kier alpha value is -1.79. The molecule has 0 atom stereocenters. The van der Waals surface area contributed by atoms with Crippen LogP contribution >= 0.6 is 0 Å². The first-order chi connectivity index (χ1) is 9.47. The molecule has 0 fully saturated rings. The number of hydrogen-bond donors (Lipinski definition) is 1. The van der Waals surface area contributed by atoms with Crippen molar-refractivity contribution < 1.29 is 13.2 Å². The van der Waals surface area contributed by atoms with Crippen LogP contribution in [-0.2, 0) is 12.6 Å². The summed E-state index contributed by atoms with van der Waals surface area (Å²) < 4.78 is 37.7. The highest BCUT2D eigenvalue weighted by atomic mass is 19.4. The molecule has 1 N–H and O–H groups in total. The van der Waals surface area contributed by atoms with Crippen LogP contribution in [0.15, 0.2) is 23.3 Å². The minimum absolute atomic E-state index is 0.423. The molecule has 4 nitrogen and oxygen atoms in total. The highest BCUT2D eigenvalue weighted by molar-refractivity contribution is 5.80. The van der Waals surface area contributed by atoms with Gasteiger partial charge in [-0.3, -0.25) is 9.98 Å². The summed E-state index contributed by atoms with van der Waals surface area (Å²) in [6.45, 7) is 2.24. The van der Waals surface area contributed by atoms with Gasteiger partial charge in [0.2, 0.25) is 0 Å². The van der Waals surface area contributed by atoms with E-state index in [0.29, 0.717) is 18.7 Å². The van der Waals surface area contributed by atoms with Gasteiger partial charge < -0.3 is 10.2 Å². The molecule has 0 amide bonds. The lowest BCUT2D eigenvalue weighted by molar-refractivity contribution is -0.137. The lowest BCUT2D eigenvalue weighted by Gasteiger charge is -2.25. The number of alkyl halides is 3. The van der Waals surface area contributed by atoms with Crippen LogP contribution in [0.1, 0.15) is 17.7 Å². The standard InChI is InChI=1S/C13H17F3N4/c1-20-8-2-5-18-12(20)19-7-4-11-9-10(3-6-17-11)13(14,15)16/h3,6,9H,2,4-5,7-8H2,1H3,(H,18,19). The zero-order valence-corrected chi connectivity index (χ0v) is 11.2. The number of pyridine rings is 1. The summed E-state index contributed by atoms with van der Waals surface area (Å²) in [6.07, 6.45) is -1.67. The van der Waals surface area contributed by atoms with Crippen LogP contribution in [0.4, 0.5) is 13.2 Å². The monoisotopic (exact) mass is 286 g/mol. The Labute approximate surface area is 115 Å². The average Bonchev–Trinajstić information content (AvgIpc) is 2.40. The molecule has 0 saturated carbocycles. The van der Waals surface area contributed by atoms with Gasteiger partial charge in [0, 0.05) is 45.0 Å². The Bertz CT molecular complexity index is 485. The second-order valence-corrected chi connectivity index (χ2v) is 4.69. The fraction of sp³-hybridized carbons (Fsp3) is 0.538. The molecule has 0 saturated heterocycles. The summed E-state index contributed by atoms with van der Waals surface area (Å²) in [6, 6.07) is 2.07. The Kier molecular flexibility index (Phi) is 4.46. The summed E-state index contributed by atoms with van der Waals surface area (Å²) in [4.78, 5) is 10.3. The zero-order chi connectivity index (χ0) is 14.6. The van der Waals surface area contributed by atoms with Gasteiger partial charge in [-0.2, -0.15) is 13.2 Å². The third-order valence-electron chi connectivity index (χ3n) is 3.08. The summed E-state index contributed by atoms with van der Waals surface area (Å²) >= 11 is 0. The van der Waals surface area contributed by atoms with E-state index in [0.717, 1.165) is 37.6 Å². The Morgan fingerprint density at radius 3 is 2.90 bits per heavy atom. The van der Waals surface area contributed by atoms with E-state index in [4.69, 9.17) is 0 Å². The molecule has 1 aromatic rings. The van der Waals surface area contributed by atoms with Gasteiger partial charge in [0.1, 0.15) is 0 Å². The van der Waals surface area contributed by atoms with E-state index in [9.17, 15) is 13.2 Å². The van der Waals surface area contributed by atoms with Crippen LogP contribution in [0.5, 0.6) is 0 Å². The molecule has 2 rings (SSSR count). The lowest BCUT2D eigenvalue weighted by atomic mass is 10.2. The normalized spacial score (nSPS) is 16.0.